The Morgan fingerprint density at radius 3 is 2.56 bits per heavy atom. The predicted molar refractivity (Wildman–Crippen MR) is 71.5 cm³/mol. The van der Waals surface area contributed by atoms with E-state index in [4.69, 9.17) is 4.74 Å². The van der Waals surface area contributed by atoms with E-state index in [0.29, 0.717) is 6.61 Å². The van der Waals surface area contributed by atoms with Gasteiger partial charge in [-0.2, -0.15) is 0 Å². The molecule has 0 aromatic heterocycles. The molecular weight excluding hydrogens is 332 g/mol. The van der Waals surface area contributed by atoms with Crippen LogP contribution in [0.4, 0.5) is 0 Å². The van der Waals surface area contributed by atoms with Crippen molar-refractivity contribution in [2.75, 3.05) is 0 Å². The van der Waals surface area contributed by atoms with Gasteiger partial charge in [0.25, 0.3) is 0 Å². The van der Waals surface area contributed by atoms with Crippen molar-refractivity contribution in [2.45, 2.75) is 6.61 Å². The van der Waals surface area contributed by atoms with Crippen LogP contribution in [0.15, 0.2) is 51.4 Å². The summed E-state index contributed by atoms with van der Waals surface area (Å²) in [7, 11) is 0. The van der Waals surface area contributed by atoms with Crippen LogP contribution in [0.1, 0.15) is 5.56 Å². The molecule has 1 radical (unpaired) electrons. The van der Waals surface area contributed by atoms with Crippen molar-refractivity contribution in [2.24, 2.45) is 0 Å². The monoisotopic (exact) mass is 339 g/mol. The van der Waals surface area contributed by atoms with Gasteiger partial charge in [-0.1, -0.05) is 46.3 Å². The number of hydrogen-bond donors (Lipinski definition) is 0. The van der Waals surface area contributed by atoms with Crippen molar-refractivity contribution in [1.29, 1.82) is 0 Å². The maximum absolute atomic E-state index is 5.65. The first-order valence-corrected chi connectivity index (χ1v) is 6.38. The Labute approximate surface area is 112 Å². The van der Waals surface area contributed by atoms with Crippen molar-refractivity contribution in [3.63, 3.8) is 0 Å². The molecule has 0 aliphatic heterocycles. The Bertz CT molecular complexity index is 469. The van der Waals surface area contributed by atoms with Crippen LogP contribution in [0.2, 0.25) is 0 Å². The first kappa shape index (κ1) is 11.7. The van der Waals surface area contributed by atoms with Gasteiger partial charge in [-0.05, 0) is 33.6 Å². The average Bonchev–Trinajstić information content (AvgIpc) is 2.29. The van der Waals surface area contributed by atoms with Crippen LogP contribution in [-0.4, -0.2) is 0 Å². The standard InChI is InChI=1S/C13H9Br2O/c14-11-6-7-13(12(15)8-11)16-9-10-4-2-1-3-5-10/h1-6,8H,9H2. The van der Waals surface area contributed by atoms with Gasteiger partial charge < -0.3 is 4.74 Å². The number of ether oxygens (including phenoxy) is 1. The SMILES string of the molecule is Brc1c[c]c(OCc2ccccc2)c(Br)c1. The predicted octanol–water partition coefficient (Wildman–Crippen LogP) is 4.59. The third-order valence-electron chi connectivity index (χ3n) is 2.05. The van der Waals surface area contributed by atoms with E-state index >= 15 is 0 Å². The van der Waals surface area contributed by atoms with Gasteiger partial charge in [0.1, 0.15) is 12.4 Å². The Hall–Kier alpha value is -0.800. The fourth-order valence-corrected chi connectivity index (χ4v) is 2.40. The highest BCUT2D eigenvalue weighted by molar-refractivity contribution is 9.11. The molecule has 0 aliphatic rings. The van der Waals surface area contributed by atoms with Gasteiger partial charge in [0.2, 0.25) is 0 Å². The van der Waals surface area contributed by atoms with E-state index in [1.165, 1.54) is 0 Å². The number of hydrogen-bond acceptors (Lipinski definition) is 1. The van der Waals surface area contributed by atoms with E-state index in [9.17, 15) is 0 Å². The lowest BCUT2D eigenvalue weighted by Crippen LogP contribution is -1.95. The molecule has 0 bridgehead atoms. The molecule has 0 aliphatic carbocycles. The third-order valence-corrected chi connectivity index (χ3v) is 3.10. The number of halogens is 2. The van der Waals surface area contributed by atoms with Gasteiger partial charge in [0.05, 0.1) is 4.47 Å². The van der Waals surface area contributed by atoms with Crippen LogP contribution in [0.5, 0.6) is 5.75 Å². The zero-order chi connectivity index (χ0) is 11.4. The second-order valence-corrected chi connectivity index (χ2v) is 5.04. The maximum Gasteiger partial charge on any atom is 0.142 e. The van der Waals surface area contributed by atoms with Crippen molar-refractivity contribution >= 4 is 31.9 Å². The van der Waals surface area contributed by atoms with Crippen molar-refractivity contribution in [3.05, 3.63) is 63.0 Å². The van der Waals surface area contributed by atoms with Crippen molar-refractivity contribution in [1.82, 2.24) is 0 Å². The van der Waals surface area contributed by atoms with Crippen LogP contribution in [0.25, 0.3) is 0 Å². The molecule has 1 nitrogen and oxygen atoms in total. The quantitative estimate of drug-likeness (QED) is 0.794. The molecule has 0 unspecified atom stereocenters. The molecule has 16 heavy (non-hydrogen) atoms. The molecule has 2 aromatic carbocycles. The molecule has 0 saturated heterocycles. The van der Waals surface area contributed by atoms with Crippen molar-refractivity contribution in [3.8, 4) is 5.75 Å². The molecular formula is C13H9Br2O. The highest BCUT2D eigenvalue weighted by Gasteiger charge is 2.02. The van der Waals surface area contributed by atoms with Crippen LogP contribution in [0, 0.1) is 6.07 Å². The highest BCUT2D eigenvalue weighted by atomic mass is 79.9. The van der Waals surface area contributed by atoms with E-state index in [1.807, 2.05) is 42.5 Å². The molecule has 0 spiro atoms. The Morgan fingerprint density at radius 1 is 1.12 bits per heavy atom. The molecule has 0 heterocycles. The molecule has 0 atom stereocenters. The molecule has 2 aromatic rings. The normalized spacial score (nSPS) is 10.1. The van der Waals surface area contributed by atoms with E-state index < -0.39 is 0 Å². The minimum absolute atomic E-state index is 0.553. The zero-order valence-electron chi connectivity index (χ0n) is 8.41. The smallest absolute Gasteiger partial charge is 0.142 e. The zero-order valence-corrected chi connectivity index (χ0v) is 11.6. The maximum atomic E-state index is 5.65. The lowest BCUT2D eigenvalue weighted by atomic mass is 10.2. The molecule has 0 saturated carbocycles. The minimum atomic E-state index is 0.553. The lowest BCUT2D eigenvalue weighted by molar-refractivity contribution is 0.303. The molecule has 3 heteroatoms. The van der Waals surface area contributed by atoms with E-state index in [-0.39, 0.29) is 0 Å². The highest BCUT2D eigenvalue weighted by Crippen LogP contribution is 2.28. The van der Waals surface area contributed by atoms with Crippen LogP contribution in [0.3, 0.4) is 0 Å². The molecule has 0 amide bonds. The summed E-state index contributed by atoms with van der Waals surface area (Å²) in [6.45, 7) is 0.553. The first-order valence-electron chi connectivity index (χ1n) is 4.79. The third kappa shape index (κ3) is 3.09. The average molecular weight is 341 g/mol. The molecule has 2 rings (SSSR count). The number of rotatable bonds is 3. The van der Waals surface area contributed by atoms with Gasteiger partial charge in [-0.3, -0.25) is 0 Å². The summed E-state index contributed by atoms with van der Waals surface area (Å²) in [5.41, 5.74) is 1.14. The number of benzene rings is 2. The van der Waals surface area contributed by atoms with Gasteiger partial charge in [0.15, 0.2) is 0 Å². The van der Waals surface area contributed by atoms with Gasteiger partial charge in [-0.25, -0.2) is 0 Å². The van der Waals surface area contributed by atoms with Gasteiger partial charge in [0, 0.05) is 10.5 Å². The molecule has 0 N–H and O–H groups in total. The summed E-state index contributed by atoms with van der Waals surface area (Å²) in [5.74, 6) is 0.729. The second-order valence-electron chi connectivity index (χ2n) is 3.27. The fraction of sp³-hybridized carbons (Fsp3) is 0.0769. The molecule has 81 valence electrons. The van der Waals surface area contributed by atoms with E-state index in [0.717, 1.165) is 20.3 Å². The summed E-state index contributed by atoms with van der Waals surface area (Å²) >= 11 is 6.81. The largest absolute Gasteiger partial charge is 0.487 e. The summed E-state index contributed by atoms with van der Waals surface area (Å²) in [5, 5.41) is 0. The first-order chi connectivity index (χ1) is 7.75. The van der Waals surface area contributed by atoms with Gasteiger partial charge >= 0.3 is 0 Å². The minimum Gasteiger partial charge on any atom is -0.487 e. The lowest BCUT2D eigenvalue weighted by Gasteiger charge is -2.07. The van der Waals surface area contributed by atoms with Gasteiger partial charge in [-0.15, -0.1) is 0 Å². The van der Waals surface area contributed by atoms with Crippen LogP contribution >= 0.6 is 31.9 Å². The summed E-state index contributed by atoms with van der Waals surface area (Å²) in [4.78, 5) is 0. The fourth-order valence-electron chi connectivity index (χ4n) is 1.27. The summed E-state index contributed by atoms with van der Waals surface area (Å²) < 4.78 is 7.53. The Balaban J connectivity index is 2.05. The van der Waals surface area contributed by atoms with Crippen molar-refractivity contribution < 1.29 is 4.74 Å². The van der Waals surface area contributed by atoms with E-state index in [2.05, 4.69) is 37.9 Å². The second kappa shape index (κ2) is 5.51. The summed E-state index contributed by atoms with van der Waals surface area (Å²) in [6, 6.07) is 16.9. The van der Waals surface area contributed by atoms with Crippen LogP contribution < -0.4 is 4.74 Å². The Kier molecular flexibility index (Phi) is 4.02. The van der Waals surface area contributed by atoms with E-state index in [1.54, 1.807) is 0 Å². The van der Waals surface area contributed by atoms with Crippen LogP contribution in [-0.2, 0) is 6.61 Å². The Morgan fingerprint density at radius 2 is 1.88 bits per heavy atom. The topological polar surface area (TPSA) is 9.23 Å². The molecule has 0 fully saturated rings. The summed E-state index contributed by atoms with van der Waals surface area (Å²) in [6.07, 6.45) is 0.